The third-order valence-electron chi connectivity index (χ3n) is 3.17. The van der Waals surface area contributed by atoms with E-state index in [2.05, 4.69) is 48.3 Å². The molecule has 1 aromatic heterocycles. The predicted molar refractivity (Wildman–Crippen MR) is 79.0 cm³/mol. The Morgan fingerprint density at radius 3 is 2.53 bits per heavy atom. The van der Waals surface area contributed by atoms with Crippen molar-refractivity contribution in [1.29, 1.82) is 0 Å². The largest absolute Gasteiger partial charge is 0.326 e. The van der Waals surface area contributed by atoms with Gasteiger partial charge in [0.05, 0.1) is 5.25 Å². The Labute approximate surface area is 118 Å². The Bertz CT molecular complexity index is 520. The second-order valence-electron chi connectivity index (χ2n) is 4.75. The minimum absolute atomic E-state index is 0.101. The lowest BCUT2D eigenvalue weighted by atomic mass is 10.0. The van der Waals surface area contributed by atoms with Crippen LogP contribution in [0.15, 0.2) is 35.7 Å². The Hall–Kier alpha value is -1.33. The van der Waals surface area contributed by atoms with Gasteiger partial charge in [-0.25, -0.2) is 0 Å². The van der Waals surface area contributed by atoms with Gasteiger partial charge >= 0.3 is 0 Å². The average molecular weight is 276 g/mol. The van der Waals surface area contributed by atoms with Gasteiger partial charge in [0.1, 0.15) is 6.33 Å². The molecule has 2 atom stereocenters. The molecule has 0 aliphatic heterocycles. The highest BCUT2D eigenvalue weighted by molar-refractivity contribution is 7.99. The molecule has 0 spiro atoms. The number of thioether (sulfide) groups is 1. The Kier molecular flexibility index (Phi) is 4.61. The first-order valence-electron chi connectivity index (χ1n) is 6.44. The molecule has 5 heteroatoms. The van der Waals surface area contributed by atoms with Crippen LogP contribution in [-0.2, 0) is 7.05 Å². The number of benzene rings is 1. The molecule has 0 aliphatic carbocycles. The highest BCUT2D eigenvalue weighted by atomic mass is 32.2. The maximum atomic E-state index is 6.28. The van der Waals surface area contributed by atoms with Crippen LogP contribution in [0.3, 0.4) is 0 Å². The second kappa shape index (κ2) is 6.21. The first kappa shape index (κ1) is 14.1. The zero-order chi connectivity index (χ0) is 13.8. The molecule has 0 radical (unpaired) electrons. The van der Waals surface area contributed by atoms with Gasteiger partial charge in [-0.1, -0.05) is 48.5 Å². The first-order chi connectivity index (χ1) is 9.11. The lowest BCUT2D eigenvalue weighted by Crippen LogP contribution is -2.26. The molecule has 102 valence electrons. The van der Waals surface area contributed by atoms with Crippen molar-refractivity contribution in [2.24, 2.45) is 12.8 Å². The molecule has 2 rings (SSSR count). The molecule has 2 aromatic rings. The van der Waals surface area contributed by atoms with Gasteiger partial charge in [0.25, 0.3) is 0 Å². The molecule has 0 saturated heterocycles. The maximum Gasteiger partial charge on any atom is 0.191 e. The van der Waals surface area contributed by atoms with Crippen molar-refractivity contribution < 1.29 is 0 Å². The molecule has 0 fully saturated rings. The third kappa shape index (κ3) is 3.36. The van der Waals surface area contributed by atoms with Gasteiger partial charge in [-0.15, -0.1) is 10.2 Å². The Morgan fingerprint density at radius 2 is 2.00 bits per heavy atom. The van der Waals surface area contributed by atoms with E-state index in [1.165, 1.54) is 11.1 Å². The van der Waals surface area contributed by atoms with Crippen LogP contribution in [0.2, 0.25) is 0 Å². The van der Waals surface area contributed by atoms with Crippen LogP contribution in [0.25, 0.3) is 0 Å². The molecule has 0 saturated carbocycles. The number of aromatic nitrogens is 3. The van der Waals surface area contributed by atoms with Crippen molar-refractivity contribution in [3.05, 3.63) is 41.7 Å². The van der Waals surface area contributed by atoms with E-state index in [1.54, 1.807) is 18.1 Å². The molecule has 1 heterocycles. The number of rotatable bonds is 5. The van der Waals surface area contributed by atoms with Crippen molar-refractivity contribution in [3.63, 3.8) is 0 Å². The lowest BCUT2D eigenvalue weighted by Gasteiger charge is -2.22. The van der Waals surface area contributed by atoms with E-state index in [0.29, 0.717) is 0 Å². The molecule has 19 heavy (non-hydrogen) atoms. The summed E-state index contributed by atoms with van der Waals surface area (Å²) in [6.45, 7) is 4.21. The van der Waals surface area contributed by atoms with E-state index >= 15 is 0 Å². The van der Waals surface area contributed by atoms with Gasteiger partial charge < -0.3 is 10.3 Å². The molecule has 0 amide bonds. The normalized spacial score (nSPS) is 14.3. The smallest absolute Gasteiger partial charge is 0.191 e. The number of hydrogen-bond acceptors (Lipinski definition) is 4. The number of aryl methyl sites for hydroxylation is 2. The molecule has 4 nitrogen and oxygen atoms in total. The number of nitrogens with zero attached hydrogens (tertiary/aromatic N) is 3. The van der Waals surface area contributed by atoms with Crippen LogP contribution in [0, 0.1) is 6.92 Å². The number of hydrogen-bond donors (Lipinski definition) is 1. The van der Waals surface area contributed by atoms with Crippen molar-refractivity contribution in [3.8, 4) is 0 Å². The average Bonchev–Trinajstić information content (AvgIpc) is 2.82. The van der Waals surface area contributed by atoms with E-state index in [1.807, 2.05) is 11.6 Å². The van der Waals surface area contributed by atoms with Crippen molar-refractivity contribution >= 4 is 11.8 Å². The van der Waals surface area contributed by atoms with Crippen LogP contribution in [0.4, 0.5) is 0 Å². The summed E-state index contributed by atoms with van der Waals surface area (Å²) in [6, 6.07) is 8.66. The van der Waals surface area contributed by atoms with Gasteiger partial charge in [0.2, 0.25) is 0 Å². The molecular formula is C14H20N4S. The van der Waals surface area contributed by atoms with E-state index < -0.39 is 0 Å². The van der Waals surface area contributed by atoms with Crippen LogP contribution < -0.4 is 5.73 Å². The van der Waals surface area contributed by atoms with E-state index in [9.17, 15) is 0 Å². The molecule has 2 N–H and O–H groups in total. The minimum atomic E-state index is 0.101. The fourth-order valence-electron chi connectivity index (χ4n) is 1.87. The molecule has 0 bridgehead atoms. The summed E-state index contributed by atoms with van der Waals surface area (Å²) in [7, 11) is 1.95. The topological polar surface area (TPSA) is 56.7 Å². The predicted octanol–water partition coefficient (Wildman–Crippen LogP) is 2.69. The van der Waals surface area contributed by atoms with E-state index in [-0.39, 0.29) is 11.3 Å². The zero-order valence-corrected chi connectivity index (χ0v) is 12.4. The van der Waals surface area contributed by atoms with Gasteiger partial charge in [0.15, 0.2) is 5.16 Å². The minimum Gasteiger partial charge on any atom is -0.326 e. The quantitative estimate of drug-likeness (QED) is 0.853. The molecule has 2 unspecified atom stereocenters. The monoisotopic (exact) mass is 276 g/mol. The fourth-order valence-corrected chi connectivity index (χ4v) is 3.06. The van der Waals surface area contributed by atoms with Gasteiger partial charge in [0, 0.05) is 13.1 Å². The highest BCUT2D eigenvalue weighted by Crippen LogP contribution is 2.36. The van der Waals surface area contributed by atoms with Gasteiger partial charge in [-0.2, -0.15) is 0 Å². The zero-order valence-electron chi connectivity index (χ0n) is 11.6. The van der Waals surface area contributed by atoms with Gasteiger partial charge in [-0.3, -0.25) is 0 Å². The summed E-state index contributed by atoms with van der Waals surface area (Å²) in [5.74, 6) is 0. The van der Waals surface area contributed by atoms with Crippen LogP contribution in [-0.4, -0.2) is 20.8 Å². The van der Waals surface area contributed by atoms with Crippen LogP contribution in [0.1, 0.15) is 29.7 Å². The SMILES string of the molecule is CCC(N)C(Sc1nncn1C)c1ccc(C)cc1. The first-order valence-corrected chi connectivity index (χ1v) is 7.32. The summed E-state index contributed by atoms with van der Waals surface area (Å²) < 4.78 is 1.92. The Morgan fingerprint density at radius 1 is 1.32 bits per heavy atom. The Balaban J connectivity index is 2.26. The summed E-state index contributed by atoms with van der Waals surface area (Å²) in [4.78, 5) is 0. The van der Waals surface area contributed by atoms with Crippen molar-refractivity contribution in [1.82, 2.24) is 14.8 Å². The molecule has 1 aromatic carbocycles. The lowest BCUT2D eigenvalue weighted by molar-refractivity contribution is 0.630. The van der Waals surface area contributed by atoms with Crippen molar-refractivity contribution in [2.45, 2.75) is 36.7 Å². The van der Waals surface area contributed by atoms with Gasteiger partial charge in [-0.05, 0) is 18.9 Å². The summed E-state index contributed by atoms with van der Waals surface area (Å²) >= 11 is 1.68. The van der Waals surface area contributed by atoms with Crippen LogP contribution in [0.5, 0.6) is 0 Å². The fraction of sp³-hybridized carbons (Fsp3) is 0.429. The molecular weight excluding hydrogens is 256 g/mol. The number of nitrogens with two attached hydrogens (primary N) is 1. The summed E-state index contributed by atoms with van der Waals surface area (Å²) in [5.41, 5.74) is 8.78. The second-order valence-corrected chi connectivity index (χ2v) is 5.85. The van der Waals surface area contributed by atoms with Crippen molar-refractivity contribution in [2.75, 3.05) is 0 Å². The van der Waals surface area contributed by atoms with Crippen LogP contribution >= 0.6 is 11.8 Å². The third-order valence-corrected chi connectivity index (χ3v) is 4.62. The summed E-state index contributed by atoms with van der Waals surface area (Å²) in [5, 5.41) is 9.15. The standard InChI is InChI=1S/C14H20N4S/c1-4-12(15)13(11-7-5-10(2)6-8-11)19-14-17-16-9-18(14)3/h5-9,12-13H,4,15H2,1-3H3. The molecule has 0 aliphatic rings. The summed E-state index contributed by atoms with van der Waals surface area (Å²) in [6.07, 6.45) is 2.65. The highest BCUT2D eigenvalue weighted by Gasteiger charge is 2.21. The maximum absolute atomic E-state index is 6.28. The van der Waals surface area contributed by atoms with E-state index in [4.69, 9.17) is 5.73 Å². The van der Waals surface area contributed by atoms with E-state index in [0.717, 1.165) is 11.6 Å².